The lowest BCUT2D eigenvalue weighted by Gasteiger charge is -2.31. The summed E-state index contributed by atoms with van der Waals surface area (Å²) in [5.74, 6) is -2.43. The Morgan fingerprint density at radius 2 is 1.74 bits per heavy atom. The van der Waals surface area contributed by atoms with Gasteiger partial charge in [0.25, 0.3) is 5.91 Å². The molecule has 0 spiro atoms. The Labute approximate surface area is 198 Å². The Balaban J connectivity index is 0.000000540. The molecule has 3 rings (SSSR count). The molecule has 1 aromatic carbocycles. The molecule has 0 aliphatic carbocycles. The Kier molecular flexibility index (Phi) is 10.1. The summed E-state index contributed by atoms with van der Waals surface area (Å²) in [6, 6.07) is 7.31. The van der Waals surface area contributed by atoms with Crippen LogP contribution in [-0.4, -0.2) is 72.1 Å². The van der Waals surface area contributed by atoms with E-state index in [1.165, 1.54) is 37.6 Å². The maximum Gasteiger partial charge on any atom is 0.490 e. The van der Waals surface area contributed by atoms with Crippen molar-refractivity contribution >= 4 is 17.7 Å². The van der Waals surface area contributed by atoms with Gasteiger partial charge in [0, 0.05) is 24.5 Å². The van der Waals surface area contributed by atoms with Gasteiger partial charge in [-0.25, -0.2) is 9.18 Å². The number of carbonyl (C=O) groups excluding carboxylic acids is 2. The van der Waals surface area contributed by atoms with Crippen LogP contribution in [0.15, 0.2) is 42.7 Å². The predicted molar refractivity (Wildman–Crippen MR) is 117 cm³/mol. The average Bonchev–Trinajstić information content (AvgIpc) is 2.83. The minimum absolute atomic E-state index is 0.00424. The van der Waals surface area contributed by atoms with Crippen molar-refractivity contribution in [2.45, 2.75) is 19.0 Å². The lowest BCUT2D eigenvalue weighted by molar-refractivity contribution is -0.192. The molecule has 1 fully saturated rings. The molecule has 0 saturated carbocycles. The molecule has 190 valence electrons. The number of halogens is 4. The van der Waals surface area contributed by atoms with E-state index >= 15 is 0 Å². The number of nitrogens with zero attached hydrogens (tertiary/aromatic N) is 2. The third kappa shape index (κ3) is 8.96. The lowest BCUT2D eigenvalue weighted by Crippen LogP contribution is -2.40. The number of alkyl halides is 3. The second kappa shape index (κ2) is 12.8. The van der Waals surface area contributed by atoms with E-state index in [1.807, 2.05) is 0 Å². The van der Waals surface area contributed by atoms with Crippen molar-refractivity contribution in [3.05, 3.63) is 59.7 Å². The molecule has 8 nitrogen and oxygen atoms in total. The smallest absolute Gasteiger partial charge is 0.490 e. The van der Waals surface area contributed by atoms with Gasteiger partial charge in [0.15, 0.2) is 5.78 Å². The highest BCUT2D eigenvalue weighted by Gasteiger charge is 2.38. The van der Waals surface area contributed by atoms with Crippen LogP contribution in [0.25, 0.3) is 0 Å². The summed E-state index contributed by atoms with van der Waals surface area (Å²) in [6.07, 6.45) is -0.196. The van der Waals surface area contributed by atoms with Crippen LogP contribution in [0.3, 0.4) is 0 Å². The van der Waals surface area contributed by atoms with Crippen molar-refractivity contribution in [1.29, 1.82) is 0 Å². The Morgan fingerprint density at radius 1 is 1.14 bits per heavy atom. The van der Waals surface area contributed by atoms with Gasteiger partial charge in [0.05, 0.1) is 19.2 Å². The van der Waals surface area contributed by atoms with Crippen molar-refractivity contribution in [3.8, 4) is 5.75 Å². The first kappa shape index (κ1) is 27.7. The van der Waals surface area contributed by atoms with Crippen molar-refractivity contribution < 1.29 is 41.8 Å². The molecule has 0 bridgehead atoms. The van der Waals surface area contributed by atoms with E-state index in [0.717, 1.165) is 25.9 Å². The third-order valence-corrected chi connectivity index (χ3v) is 5.28. The normalized spacial score (nSPS) is 14.4. The summed E-state index contributed by atoms with van der Waals surface area (Å²) in [5.41, 5.74) is 0.952. The van der Waals surface area contributed by atoms with Crippen LogP contribution in [-0.2, 0) is 4.79 Å². The zero-order chi connectivity index (χ0) is 26.0. The highest BCUT2D eigenvalue weighted by molar-refractivity contribution is 5.97. The lowest BCUT2D eigenvalue weighted by atomic mass is 9.96. The quantitative estimate of drug-likeness (QED) is 0.445. The number of benzene rings is 1. The van der Waals surface area contributed by atoms with Crippen molar-refractivity contribution in [2.75, 3.05) is 33.3 Å². The number of rotatable bonds is 7. The number of pyridine rings is 1. The zero-order valence-electron chi connectivity index (χ0n) is 18.8. The zero-order valence-corrected chi connectivity index (χ0v) is 18.8. The van der Waals surface area contributed by atoms with Crippen LogP contribution in [0.2, 0.25) is 0 Å². The van der Waals surface area contributed by atoms with Gasteiger partial charge in [0.1, 0.15) is 11.6 Å². The van der Waals surface area contributed by atoms with Gasteiger partial charge >= 0.3 is 12.1 Å². The molecule has 1 aliphatic heterocycles. The number of hydrogen-bond acceptors (Lipinski definition) is 6. The minimum atomic E-state index is -5.08. The summed E-state index contributed by atoms with van der Waals surface area (Å²) in [4.78, 5) is 39.6. The maximum absolute atomic E-state index is 13.0. The number of likely N-dealkylation sites (tertiary alicyclic amines) is 1. The first-order chi connectivity index (χ1) is 16.5. The summed E-state index contributed by atoms with van der Waals surface area (Å²) in [5, 5.41) is 10.1. The standard InChI is InChI=1S/C21H24FN3O3.C2HF3O2/c1-28-20-6-9-23-13-18(20)21(27)24-12-15-7-10-25(11-8-15)14-19(26)16-2-4-17(22)5-3-16;3-2(4,5)1(6)7/h2-6,9,13,15H,7-8,10-12,14H2,1H3,(H,24,27);(H,6,7). The van der Waals surface area contributed by atoms with Gasteiger partial charge in [-0.2, -0.15) is 13.2 Å². The second-order valence-electron chi connectivity index (χ2n) is 7.74. The van der Waals surface area contributed by atoms with E-state index in [-0.39, 0.29) is 17.5 Å². The van der Waals surface area contributed by atoms with E-state index in [2.05, 4.69) is 15.2 Å². The molecule has 0 radical (unpaired) electrons. The number of carbonyl (C=O) groups is 3. The van der Waals surface area contributed by atoms with Gasteiger partial charge in [-0.05, 0) is 62.2 Å². The van der Waals surface area contributed by atoms with Crippen LogP contribution in [0.5, 0.6) is 5.75 Å². The summed E-state index contributed by atoms with van der Waals surface area (Å²) < 4.78 is 49.9. The first-order valence-corrected chi connectivity index (χ1v) is 10.6. The van der Waals surface area contributed by atoms with Crippen molar-refractivity contribution in [2.24, 2.45) is 5.92 Å². The molecule has 1 aromatic heterocycles. The predicted octanol–water partition coefficient (Wildman–Crippen LogP) is 3.19. The summed E-state index contributed by atoms with van der Waals surface area (Å²) in [7, 11) is 1.52. The monoisotopic (exact) mass is 499 g/mol. The van der Waals surface area contributed by atoms with E-state index in [1.54, 1.807) is 12.3 Å². The number of carboxylic acids is 1. The number of hydrogen-bond donors (Lipinski definition) is 2. The van der Waals surface area contributed by atoms with Crippen LogP contribution in [0, 0.1) is 11.7 Å². The van der Waals surface area contributed by atoms with Gasteiger partial charge in [-0.15, -0.1) is 0 Å². The Hall–Kier alpha value is -3.54. The molecule has 0 unspecified atom stereocenters. The molecular weight excluding hydrogens is 474 g/mol. The largest absolute Gasteiger partial charge is 0.496 e. The number of amides is 1. The number of nitrogens with one attached hydrogen (secondary N) is 1. The van der Waals surface area contributed by atoms with Crippen LogP contribution in [0.1, 0.15) is 33.6 Å². The average molecular weight is 499 g/mol. The van der Waals surface area contributed by atoms with Crippen molar-refractivity contribution in [1.82, 2.24) is 15.2 Å². The number of ketones is 1. The molecule has 35 heavy (non-hydrogen) atoms. The van der Waals surface area contributed by atoms with Crippen molar-refractivity contribution in [3.63, 3.8) is 0 Å². The van der Waals surface area contributed by atoms with E-state index < -0.39 is 12.1 Å². The molecule has 2 aromatic rings. The van der Waals surface area contributed by atoms with Crippen LogP contribution >= 0.6 is 0 Å². The first-order valence-electron chi connectivity index (χ1n) is 10.6. The molecule has 0 atom stereocenters. The number of ether oxygens (including phenoxy) is 1. The van der Waals surface area contributed by atoms with Gasteiger partial charge in [0.2, 0.25) is 0 Å². The van der Waals surface area contributed by atoms with E-state index in [0.29, 0.717) is 35.9 Å². The maximum atomic E-state index is 13.0. The number of methoxy groups -OCH3 is 1. The molecular formula is C23H25F4N3O5. The highest BCUT2D eigenvalue weighted by atomic mass is 19.4. The Bertz CT molecular complexity index is 1010. The number of aliphatic carboxylic acids is 1. The molecule has 2 N–H and O–H groups in total. The second-order valence-corrected chi connectivity index (χ2v) is 7.74. The van der Waals surface area contributed by atoms with E-state index in [9.17, 15) is 27.2 Å². The van der Waals surface area contributed by atoms with Crippen LogP contribution < -0.4 is 10.1 Å². The molecule has 12 heteroatoms. The van der Waals surface area contributed by atoms with E-state index in [4.69, 9.17) is 14.6 Å². The molecule has 2 heterocycles. The number of carboxylic acid groups (broad SMARTS) is 1. The molecule has 1 saturated heterocycles. The van der Waals surface area contributed by atoms with Gasteiger partial charge < -0.3 is 15.2 Å². The number of piperidine rings is 1. The minimum Gasteiger partial charge on any atom is -0.496 e. The molecule has 1 amide bonds. The fourth-order valence-electron chi connectivity index (χ4n) is 3.34. The topological polar surface area (TPSA) is 109 Å². The third-order valence-electron chi connectivity index (χ3n) is 5.28. The number of Topliss-reactive ketones (excluding diaryl/α,β-unsaturated/α-hetero) is 1. The van der Waals surface area contributed by atoms with Crippen LogP contribution in [0.4, 0.5) is 17.6 Å². The van der Waals surface area contributed by atoms with Gasteiger partial charge in [-0.3, -0.25) is 19.5 Å². The Morgan fingerprint density at radius 3 is 2.29 bits per heavy atom. The fraction of sp³-hybridized carbons (Fsp3) is 0.391. The summed E-state index contributed by atoms with van der Waals surface area (Å²) >= 11 is 0. The van der Waals surface area contributed by atoms with Gasteiger partial charge in [-0.1, -0.05) is 0 Å². The highest BCUT2D eigenvalue weighted by Crippen LogP contribution is 2.19. The SMILES string of the molecule is COc1ccncc1C(=O)NCC1CCN(CC(=O)c2ccc(F)cc2)CC1.O=C(O)C(F)(F)F. The summed E-state index contributed by atoms with van der Waals surface area (Å²) in [6.45, 7) is 2.50. The molecule has 1 aliphatic rings. The fourth-order valence-corrected chi connectivity index (χ4v) is 3.34. The number of aromatic nitrogens is 1.